The van der Waals surface area contributed by atoms with E-state index in [2.05, 4.69) is 5.32 Å². The summed E-state index contributed by atoms with van der Waals surface area (Å²) in [5, 5.41) is 2.65. The lowest BCUT2D eigenvalue weighted by atomic mass is 9.92. The predicted molar refractivity (Wildman–Crippen MR) is 111 cm³/mol. The van der Waals surface area contributed by atoms with Crippen LogP contribution in [0.4, 0.5) is 5.69 Å². The second kappa shape index (κ2) is 9.43. The largest absolute Gasteiger partial charge is 0.481 e. The minimum atomic E-state index is -0.820. The molecular weight excluding hydrogens is 386 g/mol. The van der Waals surface area contributed by atoms with E-state index in [9.17, 15) is 14.4 Å². The van der Waals surface area contributed by atoms with Crippen LogP contribution >= 0.6 is 0 Å². The van der Waals surface area contributed by atoms with E-state index in [4.69, 9.17) is 14.2 Å². The SMILES string of the molecule is COC(=O)c1ccc(C(=O)OC)c(NC(=O)[C@H](C)Oc2ccc3c(c2)CCCC3)c1. The number of fused-ring (bicyclic) bond motifs is 1. The lowest BCUT2D eigenvalue weighted by Crippen LogP contribution is -2.31. The summed E-state index contributed by atoms with van der Waals surface area (Å²) in [5.41, 5.74) is 3.05. The van der Waals surface area contributed by atoms with Crippen LogP contribution < -0.4 is 10.1 Å². The number of hydrogen-bond donors (Lipinski definition) is 1. The number of rotatable bonds is 6. The van der Waals surface area contributed by atoms with Gasteiger partial charge in [0.15, 0.2) is 6.10 Å². The van der Waals surface area contributed by atoms with Crippen LogP contribution in [-0.2, 0) is 27.1 Å². The van der Waals surface area contributed by atoms with Crippen molar-refractivity contribution < 1.29 is 28.6 Å². The Bertz CT molecular complexity index is 968. The Hall–Kier alpha value is -3.35. The van der Waals surface area contributed by atoms with Crippen LogP contribution in [0.3, 0.4) is 0 Å². The van der Waals surface area contributed by atoms with Crippen molar-refractivity contribution in [1.82, 2.24) is 0 Å². The number of benzene rings is 2. The van der Waals surface area contributed by atoms with Gasteiger partial charge in [-0.2, -0.15) is 0 Å². The molecular formula is C23H25NO6. The van der Waals surface area contributed by atoms with Crippen LogP contribution in [0.5, 0.6) is 5.75 Å². The summed E-state index contributed by atoms with van der Waals surface area (Å²) in [6, 6.07) is 10.1. The van der Waals surface area contributed by atoms with Crippen LogP contribution in [0.2, 0.25) is 0 Å². The first kappa shape index (κ1) is 21.4. The first-order chi connectivity index (χ1) is 14.4. The summed E-state index contributed by atoms with van der Waals surface area (Å²) >= 11 is 0. The van der Waals surface area contributed by atoms with E-state index in [1.807, 2.05) is 18.2 Å². The highest BCUT2D eigenvalue weighted by Gasteiger charge is 2.21. The summed E-state index contributed by atoms with van der Waals surface area (Å²) < 4.78 is 15.3. The number of esters is 2. The van der Waals surface area contributed by atoms with Crippen LogP contribution in [-0.4, -0.2) is 38.2 Å². The molecule has 1 atom stereocenters. The lowest BCUT2D eigenvalue weighted by Gasteiger charge is -2.19. The fourth-order valence-corrected chi connectivity index (χ4v) is 3.46. The Kier molecular flexibility index (Phi) is 6.72. The minimum absolute atomic E-state index is 0.125. The molecule has 0 fully saturated rings. The van der Waals surface area contributed by atoms with E-state index in [-0.39, 0.29) is 16.8 Å². The van der Waals surface area contributed by atoms with Crippen molar-refractivity contribution >= 4 is 23.5 Å². The maximum Gasteiger partial charge on any atom is 0.339 e. The van der Waals surface area contributed by atoms with Crippen molar-refractivity contribution in [2.24, 2.45) is 0 Å². The van der Waals surface area contributed by atoms with E-state index < -0.39 is 23.9 Å². The Morgan fingerprint density at radius 1 is 0.900 bits per heavy atom. The molecule has 7 heteroatoms. The third-order valence-corrected chi connectivity index (χ3v) is 5.11. The summed E-state index contributed by atoms with van der Waals surface area (Å²) in [7, 11) is 2.49. The van der Waals surface area contributed by atoms with E-state index in [0.717, 1.165) is 19.3 Å². The zero-order valence-corrected chi connectivity index (χ0v) is 17.3. The minimum Gasteiger partial charge on any atom is -0.481 e. The number of amides is 1. The maximum atomic E-state index is 12.7. The molecule has 1 aliphatic rings. The molecule has 158 valence electrons. The number of carbonyl (C=O) groups excluding carboxylic acids is 3. The Morgan fingerprint density at radius 2 is 1.60 bits per heavy atom. The van der Waals surface area contributed by atoms with Gasteiger partial charge in [0.1, 0.15) is 5.75 Å². The number of anilines is 1. The van der Waals surface area contributed by atoms with Gasteiger partial charge in [-0.3, -0.25) is 4.79 Å². The van der Waals surface area contributed by atoms with Crippen molar-refractivity contribution in [2.45, 2.75) is 38.7 Å². The van der Waals surface area contributed by atoms with Crippen molar-refractivity contribution in [3.63, 3.8) is 0 Å². The molecule has 1 aliphatic carbocycles. The molecule has 2 aromatic rings. The lowest BCUT2D eigenvalue weighted by molar-refractivity contribution is -0.122. The second-order valence-electron chi connectivity index (χ2n) is 7.13. The van der Waals surface area contributed by atoms with Crippen LogP contribution in [0.25, 0.3) is 0 Å². The first-order valence-electron chi connectivity index (χ1n) is 9.83. The second-order valence-corrected chi connectivity index (χ2v) is 7.13. The molecule has 0 radical (unpaired) electrons. The molecule has 2 aromatic carbocycles. The molecule has 7 nitrogen and oxygen atoms in total. The molecule has 0 unspecified atom stereocenters. The first-order valence-corrected chi connectivity index (χ1v) is 9.83. The zero-order chi connectivity index (χ0) is 21.7. The van der Waals surface area contributed by atoms with Crippen molar-refractivity contribution in [2.75, 3.05) is 19.5 Å². The standard InChI is InChI=1S/C23H25NO6/c1-14(30-18-10-8-15-6-4-5-7-16(15)12-18)21(25)24-20-13-17(22(26)28-2)9-11-19(20)23(27)29-3/h8-14H,4-7H2,1-3H3,(H,24,25)/t14-/m0/s1. The molecule has 30 heavy (non-hydrogen) atoms. The van der Waals surface area contributed by atoms with Gasteiger partial charge >= 0.3 is 11.9 Å². The van der Waals surface area contributed by atoms with E-state index in [1.54, 1.807) is 6.92 Å². The number of carbonyl (C=O) groups is 3. The third kappa shape index (κ3) is 4.79. The molecule has 0 aromatic heterocycles. The fraction of sp³-hybridized carbons (Fsp3) is 0.348. The van der Waals surface area contributed by atoms with Crippen molar-refractivity contribution in [3.8, 4) is 5.75 Å². The normalized spacial score (nSPS) is 13.6. The maximum absolute atomic E-state index is 12.7. The molecule has 0 bridgehead atoms. The van der Waals surface area contributed by atoms with Gasteiger partial charge in [0.2, 0.25) is 0 Å². The van der Waals surface area contributed by atoms with Gasteiger partial charge in [-0.05, 0) is 74.1 Å². The van der Waals surface area contributed by atoms with Crippen molar-refractivity contribution in [1.29, 1.82) is 0 Å². The third-order valence-electron chi connectivity index (χ3n) is 5.11. The predicted octanol–water partition coefficient (Wildman–Crippen LogP) is 3.54. The van der Waals surface area contributed by atoms with E-state index in [0.29, 0.717) is 5.75 Å². The summed E-state index contributed by atoms with van der Waals surface area (Å²) in [4.78, 5) is 36.6. The molecule has 3 rings (SSSR count). The molecule has 0 heterocycles. The highest BCUT2D eigenvalue weighted by molar-refractivity contribution is 6.04. The number of methoxy groups -OCH3 is 2. The number of nitrogens with one attached hydrogen (secondary N) is 1. The van der Waals surface area contributed by atoms with E-state index in [1.165, 1.54) is 50.0 Å². The van der Waals surface area contributed by atoms with E-state index >= 15 is 0 Å². The van der Waals surface area contributed by atoms with Gasteiger partial charge < -0.3 is 19.5 Å². The smallest absolute Gasteiger partial charge is 0.339 e. The molecule has 0 aliphatic heterocycles. The molecule has 1 N–H and O–H groups in total. The van der Waals surface area contributed by atoms with Crippen LogP contribution in [0.15, 0.2) is 36.4 Å². The highest BCUT2D eigenvalue weighted by atomic mass is 16.5. The van der Waals surface area contributed by atoms with Gasteiger partial charge in [0, 0.05) is 0 Å². The highest BCUT2D eigenvalue weighted by Crippen LogP contribution is 2.26. The average Bonchev–Trinajstić information content (AvgIpc) is 2.77. The van der Waals surface area contributed by atoms with Gasteiger partial charge in [-0.15, -0.1) is 0 Å². The van der Waals surface area contributed by atoms with Gasteiger partial charge in [0.25, 0.3) is 5.91 Å². The molecule has 1 amide bonds. The Morgan fingerprint density at radius 3 is 2.30 bits per heavy atom. The number of hydrogen-bond acceptors (Lipinski definition) is 6. The monoisotopic (exact) mass is 411 g/mol. The Balaban J connectivity index is 1.77. The Labute approximate surface area is 175 Å². The van der Waals surface area contributed by atoms with Crippen molar-refractivity contribution in [3.05, 3.63) is 58.7 Å². The quantitative estimate of drug-likeness (QED) is 0.731. The molecule has 0 saturated carbocycles. The number of aryl methyl sites for hydroxylation is 2. The fourth-order valence-electron chi connectivity index (χ4n) is 3.46. The number of ether oxygens (including phenoxy) is 3. The summed E-state index contributed by atoms with van der Waals surface area (Å²) in [6.45, 7) is 1.62. The molecule has 0 spiro atoms. The van der Waals surface area contributed by atoms with Gasteiger partial charge in [0.05, 0.1) is 31.0 Å². The summed E-state index contributed by atoms with van der Waals surface area (Å²) in [5.74, 6) is -1.06. The zero-order valence-electron chi connectivity index (χ0n) is 17.3. The topological polar surface area (TPSA) is 90.9 Å². The van der Waals surface area contributed by atoms with Crippen LogP contribution in [0.1, 0.15) is 51.6 Å². The van der Waals surface area contributed by atoms with Gasteiger partial charge in [-0.1, -0.05) is 6.07 Å². The molecule has 0 saturated heterocycles. The summed E-state index contributed by atoms with van der Waals surface area (Å²) in [6.07, 6.45) is 3.60. The van der Waals surface area contributed by atoms with Gasteiger partial charge in [-0.25, -0.2) is 9.59 Å². The van der Waals surface area contributed by atoms with Crippen LogP contribution in [0, 0.1) is 0 Å². The average molecular weight is 411 g/mol.